The SMILES string of the molecule is O=C(NCc1sccc1C#CCO)c1cc(Cl)c(Cl)[nH]1. The Morgan fingerprint density at radius 1 is 1.50 bits per heavy atom. The Morgan fingerprint density at radius 3 is 2.95 bits per heavy atom. The molecule has 0 atom stereocenters. The number of rotatable bonds is 3. The molecule has 0 saturated heterocycles. The Kier molecular flexibility index (Phi) is 5.10. The first-order chi connectivity index (χ1) is 9.61. The van der Waals surface area contributed by atoms with E-state index in [0.29, 0.717) is 17.3 Å². The third-order valence-electron chi connectivity index (χ3n) is 2.43. The number of nitrogens with one attached hydrogen (secondary N) is 2. The van der Waals surface area contributed by atoms with E-state index in [2.05, 4.69) is 22.1 Å². The van der Waals surface area contributed by atoms with Crippen LogP contribution in [0.2, 0.25) is 10.2 Å². The lowest BCUT2D eigenvalue weighted by Gasteiger charge is -2.02. The second-order valence-electron chi connectivity index (χ2n) is 3.74. The molecule has 0 aliphatic heterocycles. The standard InChI is InChI=1S/C13H10Cl2N2O2S/c14-9-6-10(17-12(9)15)13(19)16-7-11-8(2-1-4-18)3-5-20-11/h3,5-6,17-18H,4,7H2,(H,16,19). The highest BCUT2D eigenvalue weighted by atomic mass is 35.5. The van der Waals surface area contributed by atoms with Gasteiger partial charge in [-0.05, 0) is 17.5 Å². The van der Waals surface area contributed by atoms with Crippen LogP contribution in [-0.2, 0) is 6.54 Å². The molecule has 104 valence electrons. The maximum atomic E-state index is 11.9. The van der Waals surface area contributed by atoms with Gasteiger partial charge < -0.3 is 15.4 Å². The average Bonchev–Trinajstić information content (AvgIpc) is 3.01. The van der Waals surface area contributed by atoms with Crippen LogP contribution in [0, 0.1) is 11.8 Å². The number of aliphatic hydroxyl groups is 1. The molecular weight excluding hydrogens is 319 g/mol. The Morgan fingerprint density at radius 2 is 2.30 bits per heavy atom. The van der Waals surface area contributed by atoms with E-state index in [-0.39, 0.29) is 17.7 Å². The zero-order chi connectivity index (χ0) is 14.5. The van der Waals surface area contributed by atoms with Crippen LogP contribution in [0.3, 0.4) is 0 Å². The van der Waals surface area contributed by atoms with Crippen molar-refractivity contribution in [1.82, 2.24) is 10.3 Å². The van der Waals surface area contributed by atoms with Crippen LogP contribution in [0.5, 0.6) is 0 Å². The summed E-state index contributed by atoms with van der Waals surface area (Å²) in [5.41, 5.74) is 1.10. The molecule has 2 aromatic rings. The Labute approximate surface area is 129 Å². The van der Waals surface area contributed by atoms with Crippen molar-refractivity contribution in [1.29, 1.82) is 0 Å². The Balaban J connectivity index is 2.02. The van der Waals surface area contributed by atoms with Gasteiger partial charge in [-0.1, -0.05) is 35.0 Å². The summed E-state index contributed by atoms with van der Waals surface area (Å²) in [5, 5.41) is 13.9. The van der Waals surface area contributed by atoms with Crippen LogP contribution in [0.15, 0.2) is 17.5 Å². The second-order valence-corrected chi connectivity index (χ2v) is 5.53. The molecule has 2 heterocycles. The van der Waals surface area contributed by atoms with Crippen molar-refractivity contribution in [3.8, 4) is 11.8 Å². The minimum atomic E-state index is -0.298. The van der Waals surface area contributed by atoms with E-state index >= 15 is 0 Å². The molecule has 2 aromatic heterocycles. The summed E-state index contributed by atoms with van der Waals surface area (Å²) in [7, 11) is 0. The van der Waals surface area contributed by atoms with Crippen LogP contribution < -0.4 is 5.32 Å². The highest BCUT2D eigenvalue weighted by Crippen LogP contribution is 2.22. The van der Waals surface area contributed by atoms with Crippen molar-refractivity contribution in [2.75, 3.05) is 6.61 Å². The molecule has 7 heteroatoms. The van der Waals surface area contributed by atoms with Gasteiger partial charge in [0.25, 0.3) is 5.91 Å². The van der Waals surface area contributed by atoms with Gasteiger partial charge >= 0.3 is 0 Å². The fourth-order valence-electron chi connectivity index (χ4n) is 1.51. The van der Waals surface area contributed by atoms with E-state index in [0.717, 1.165) is 10.4 Å². The molecule has 0 unspecified atom stereocenters. The van der Waals surface area contributed by atoms with Gasteiger partial charge in [-0.15, -0.1) is 11.3 Å². The molecule has 0 bridgehead atoms. The predicted molar refractivity (Wildman–Crippen MR) is 80.3 cm³/mol. The number of carbonyl (C=O) groups excluding carboxylic acids is 1. The molecule has 0 radical (unpaired) electrons. The topological polar surface area (TPSA) is 65.1 Å². The summed E-state index contributed by atoms with van der Waals surface area (Å²) < 4.78 is 0. The van der Waals surface area contributed by atoms with Crippen molar-refractivity contribution in [3.63, 3.8) is 0 Å². The summed E-state index contributed by atoms with van der Waals surface area (Å²) in [6.07, 6.45) is 0. The fraction of sp³-hybridized carbons (Fsp3) is 0.154. The van der Waals surface area contributed by atoms with E-state index < -0.39 is 0 Å². The number of H-pyrrole nitrogens is 1. The predicted octanol–water partition coefficient (Wildman–Crippen LogP) is 2.66. The van der Waals surface area contributed by atoms with Gasteiger partial charge in [0.2, 0.25) is 0 Å². The first kappa shape index (κ1) is 14.9. The van der Waals surface area contributed by atoms with Crippen molar-refractivity contribution in [2.24, 2.45) is 0 Å². The number of aromatic amines is 1. The molecular formula is C13H10Cl2N2O2S. The Hall–Kier alpha value is -1.45. The lowest BCUT2D eigenvalue weighted by Crippen LogP contribution is -2.22. The fourth-order valence-corrected chi connectivity index (χ4v) is 2.59. The van der Waals surface area contributed by atoms with E-state index in [4.69, 9.17) is 28.3 Å². The van der Waals surface area contributed by atoms with Crippen LogP contribution in [0.4, 0.5) is 0 Å². The van der Waals surface area contributed by atoms with E-state index in [1.807, 2.05) is 11.4 Å². The molecule has 0 spiro atoms. The van der Waals surface area contributed by atoms with Crippen LogP contribution in [0.1, 0.15) is 20.9 Å². The first-order valence-electron chi connectivity index (χ1n) is 5.60. The molecule has 4 nitrogen and oxygen atoms in total. The summed E-state index contributed by atoms with van der Waals surface area (Å²) >= 11 is 13.0. The minimum absolute atomic E-state index is 0.193. The lowest BCUT2D eigenvalue weighted by atomic mass is 10.2. The number of hydrogen-bond acceptors (Lipinski definition) is 3. The van der Waals surface area contributed by atoms with Gasteiger partial charge in [0.05, 0.1) is 11.6 Å². The van der Waals surface area contributed by atoms with E-state index in [1.54, 1.807) is 0 Å². The largest absolute Gasteiger partial charge is 0.384 e. The van der Waals surface area contributed by atoms with Crippen LogP contribution in [0.25, 0.3) is 0 Å². The van der Waals surface area contributed by atoms with Crippen LogP contribution >= 0.6 is 34.5 Å². The van der Waals surface area contributed by atoms with Crippen molar-refractivity contribution in [2.45, 2.75) is 6.54 Å². The van der Waals surface area contributed by atoms with Gasteiger partial charge in [-0.3, -0.25) is 4.79 Å². The maximum absolute atomic E-state index is 11.9. The number of aliphatic hydroxyl groups excluding tert-OH is 1. The molecule has 0 aromatic carbocycles. The zero-order valence-electron chi connectivity index (χ0n) is 10.2. The normalized spacial score (nSPS) is 9.95. The lowest BCUT2D eigenvalue weighted by molar-refractivity contribution is 0.0947. The van der Waals surface area contributed by atoms with Crippen molar-refractivity contribution in [3.05, 3.63) is 43.8 Å². The van der Waals surface area contributed by atoms with E-state index in [9.17, 15) is 4.79 Å². The quantitative estimate of drug-likeness (QED) is 0.758. The number of hydrogen-bond donors (Lipinski definition) is 3. The minimum Gasteiger partial charge on any atom is -0.384 e. The van der Waals surface area contributed by atoms with Gasteiger partial charge in [0, 0.05) is 10.4 Å². The molecule has 0 aliphatic rings. The van der Waals surface area contributed by atoms with Crippen molar-refractivity contribution < 1.29 is 9.90 Å². The summed E-state index contributed by atoms with van der Waals surface area (Å²) in [4.78, 5) is 15.5. The third kappa shape index (κ3) is 3.56. The number of thiophene rings is 1. The molecule has 0 aliphatic carbocycles. The third-order valence-corrected chi connectivity index (χ3v) is 4.04. The zero-order valence-corrected chi connectivity index (χ0v) is 12.5. The summed E-state index contributed by atoms with van der Waals surface area (Å²) in [6.45, 7) is 0.154. The first-order valence-corrected chi connectivity index (χ1v) is 7.23. The maximum Gasteiger partial charge on any atom is 0.268 e. The molecule has 2 rings (SSSR count). The van der Waals surface area contributed by atoms with Gasteiger partial charge in [0.15, 0.2) is 0 Å². The Bertz CT molecular complexity index is 663. The van der Waals surface area contributed by atoms with Crippen molar-refractivity contribution >= 4 is 40.4 Å². The molecule has 3 N–H and O–H groups in total. The monoisotopic (exact) mass is 328 g/mol. The van der Waals surface area contributed by atoms with E-state index in [1.165, 1.54) is 17.4 Å². The molecule has 0 saturated carbocycles. The smallest absolute Gasteiger partial charge is 0.268 e. The number of carbonyl (C=O) groups is 1. The second kappa shape index (κ2) is 6.82. The molecule has 1 amide bonds. The van der Waals surface area contributed by atoms with Crippen LogP contribution in [-0.4, -0.2) is 22.6 Å². The molecule has 20 heavy (non-hydrogen) atoms. The number of halogens is 2. The summed E-state index contributed by atoms with van der Waals surface area (Å²) in [6, 6.07) is 3.32. The van der Waals surface area contributed by atoms with Gasteiger partial charge in [-0.25, -0.2) is 0 Å². The summed E-state index contributed by atoms with van der Waals surface area (Å²) in [5.74, 6) is 5.11. The number of aromatic nitrogens is 1. The average molecular weight is 329 g/mol. The number of amides is 1. The highest BCUT2D eigenvalue weighted by Gasteiger charge is 2.12. The highest BCUT2D eigenvalue weighted by molar-refractivity contribution is 7.10. The van der Waals surface area contributed by atoms with Gasteiger partial charge in [-0.2, -0.15) is 0 Å². The molecule has 0 fully saturated rings. The van der Waals surface area contributed by atoms with Gasteiger partial charge in [0.1, 0.15) is 17.5 Å².